The van der Waals surface area contributed by atoms with Crippen LogP contribution in [0.5, 0.6) is 0 Å². The molecule has 0 saturated carbocycles. The molecule has 70 valence electrons. The Bertz CT molecular complexity index is 327. The van der Waals surface area contributed by atoms with Crippen LogP contribution in [-0.4, -0.2) is 6.03 Å². The number of aryl methyl sites for hydroxylation is 1. The number of hydrogen-bond donors (Lipinski definition) is 3. The maximum Gasteiger partial charge on any atom is 0.333 e. The highest BCUT2D eigenvalue weighted by molar-refractivity contribution is 9.10. The molecule has 0 aliphatic heterocycles. The zero-order valence-corrected chi connectivity index (χ0v) is 8.68. The minimum atomic E-state index is -0.440. The molecule has 4 nitrogen and oxygen atoms in total. The van der Waals surface area contributed by atoms with Gasteiger partial charge in [0.2, 0.25) is 0 Å². The first kappa shape index (κ1) is 10.0. The van der Waals surface area contributed by atoms with E-state index in [9.17, 15) is 4.79 Å². The van der Waals surface area contributed by atoms with E-state index in [1.807, 2.05) is 24.5 Å². The van der Waals surface area contributed by atoms with Gasteiger partial charge in [0.05, 0.1) is 5.69 Å². The maximum absolute atomic E-state index is 10.9. The number of amides is 2. The minimum absolute atomic E-state index is 0.440. The Labute approximate surface area is 84.6 Å². The third kappa shape index (κ3) is 2.71. The summed E-state index contributed by atoms with van der Waals surface area (Å²) in [7, 11) is 0. The molecule has 0 fully saturated rings. The number of halogens is 1. The van der Waals surface area contributed by atoms with E-state index in [0.717, 1.165) is 10.0 Å². The Kier molecular flexibility index (Phi) is 3.27. The molecule has 0 aliphatic carbocycles. The smallest absolute Gasteiger partial charge is 0.306 e. The monoisotopic (exact) mass is 243 g/mol. The van der Waals surface area contributed by atoms with Crippen molar-refractivity contribution >= 4 is 27.6 Å². The molecule has 1 aromatic rings. The lowest BCUT2D eigenvalue weighted by molar-refractivity contribution is 0.252. The molecule has 0 heterocycles. The average Bonchev–Trinajstić information content (AvgIpc) is 2.09. The summed E-state index contributed by atoms with van der Waals surface area (Å²) in [6.07, 6.45) is 0. The van der Waals surface area contributed by atoms with Gasteiger partial charge in [0.15, 0.2) is 0 Å². The summed E-state index contributed by atoms with van der Waals surface area (Å²) in [6, 6.07) is 5.17. The summed E-state index contributed by atoms with van der Waals surface area (Å²) >= 11 is 3.32. The Morgan fingerprint density at radius 3 is 2.77 bits per heavy atom. The number of nitrogens with two attached hydrogens (primary N) is 1. The first-order valence-corrected chi connectivity index (χ1v) is 4.46. The molecule has 0 bridgehead atoms. The molecule has 0 unspecified atom stereocenters. The minimum Gasteiger partial charge on any atom is -0.306 e. The second-order valence-electron chi connectivity index (χ2n) is 2.58. The van der Waals surface area contributed by atoms with Gasteiger partial charge in [-0.05, 0) is 40.5 Å². The Morgan fingerprint density at radius 2 is 2.23 bits per heavy atom. The molecule has 0 radical (unpaired) electrons. The van der Waals surface area contributed by atoms with Crippen molar-refractivity contribution in [2.24, 2.45) is 5.84 Å². The third-order valence-electron chi connectivity index (χ3n) is 1.50. The van der Waals surface area contributed by atoms with Crippen LogP contribution in [0.4, 0.5) is 10.5 Å². The first-order valence-electron chi connectivity index (χ1n) is 3.67. The lowest BCUT2D eigenvalue weighted by Gasteiger charge is -2.06. The number of benzene rings is 1. The number of hydrogen-bond acceptors (Lipinski definition) is 2. The highest BCUT2D eigenvalue weighted by Gasteiger charge is 2.02. The fourth-order valence-electron chi connectivity index (χ4n) is 0.880. The van der Waals surface area contributed by atoms with Crippen molar-refractivity contribution in [2.75, 3.05) is 5.32 Å². The van der Waals surface area contributed by atoms with Crippen LogP contribution >= 0.6 is 15.9 Å². The average molecular weight is 244 g/mol. The van der Waals surface area contributed by atoms with Gasteiger partial charge >= 0.3 is 6.03 Å². The van der Waals surface area contributed by atoms with Crippen LogP contribution < -0.4 is 16.6 Å². The standard InChI is InChI=1S/C8H10BrN3O/c1-5-2-3-7(6(9)4-5)11-8(13)12-10/h2-4H,10H2,1H3,(H2,11,12,13). The largest absolute Gasteiger partial charge is 0.333 e. The second-order valence-corrected chi connectivity index (χ2v) is 3.44. The van der Waals surface area contributed by atoms with Gasteiger partial charge in [-0.1, -0.05) is 6.07 Å². The van der Waals surface area contributed by atoms with E-state index in [0.29, 0.717) is 5.69 Å². The van der Waals surface area contributed by atoms with Crippen LogP contribution in [0.15, 0.2) is 22.7 Å². The number of rotatable bonds is 1. The highest BCUT2D eigenvalue weighted by Crippen LogP contribution is 2.22. The predicted octanol–water partition coefficient (Wildman–Crippen LogP) is 1.75. The lowest BCUT2D eigenvalue weighted by atomic mass is 10.2. The Morgan fingerprint density at radius 1 is 1.54 bits per heavy atom. The van der Waals surface area contributed by atoms with Gasteiger partial charge in [-0.25, -0.2) is 10.6 Å². The van der Waals surface area contributed by atoms with Crippen LogP contribution in [0.1, 0.15) is 5.56 Å². The molecule has 0 aromatic heterocycles. The quantitative estimate of drug-likeness (QED) is 0.400. The van der Waals surface area contributed by atoms with Crippen molar-refractivity contribution in [3.63, 3.8) is 0 Å². The molecule has 1 rings (SSSR count). The summed E-state index contributed by atoms with van der Waals surface area (Å²) in [5.41, 5.74) is 3.79. The van der Waals surface area contributed by atoms with Crippen LogP contribution in [0.2, 0.25) is 0 Å². The van der Waals surface area contributed by atoms with E-state index in [1.165, 1.54) is 0 Å². The summed E-state index contributed by atoms with van der Waals surface area (Å²) in [4.78, 5) is 10.9. The number of hydrazine groups is 1. The van der Waals surface area contributed by atoms with Crippen LogP contribution in [0.25, 0.3) is 0 Å². The predicted molar refractivity (Wildman–Crippen MR) is 55.2 cm³/mol. The molecule has 0 atom stereocenters. The van der Waals surface area contributed by atoms with E-state index in [2.05, 4.69) is 21.2 Å². The van der Waals surface area contributed by atoms with Gasteiger partial charge in [0.25, 0.3) is 0 Å². The maximum atomic E-state index is 10.9. The van der Waals surface area contributed by atoms with E-state index >= 15 is 0 Å². The normalized spacial score (nSPS) is 9.46. The first-order chi connectivity index (χ1) is 6.13. The van der Waals surface area contributed by atoms with E-state index < -0.39 is 6.03 Å². The molecule has 5 heteroatoms. The second kappa shape index (κ2) is 4.25. The van der Waals surface area contributed by atoms with Crippen molar-refractivity contribution in [3.05, 3.63) is 28.2 Å². The summed E-state index contributed by atoms with van der Waals surface area (Å²) in [5.74, 6) is 4.92. The summed E-state index contributed by atoms with van der Waals surface area (Å²) in [5, 5.41) is 2.57. The number of carbonyl (C=O) groups is 1. The molecular formula is C8H10BrN3O. The molecule has 0 saturated heterocycles. The molecular weight excluding hydrogens is 234 g/mol. The number of urea groups is 1. The molecule has 0 aliphatic rings. The fourth-order valence-corrected chi connectivity index (χ4v) is 1.47. The molecule has 0 spiro atoms. The topological polar surface area (TPSA) is 67.2 Å². The van der Waals surface area contributed by atoms with Gasteiger partial charge in [-0.3, -0.25) is 5.43 Å². The molecule has 13 heavy (non-hydrogen) atoms. The number of anilines is 1. The SMILES string of the molecule is Cc1ccc(NC(=O)NN)c(Br)c1. The van der Waals surface area contributed by atoms with Crippen molar-refractivity contribution in [1.82, 2.24) is 5.43 Å². The zero-order valence-electron chi connectivity index (χ0n) is 7.10. The van der Waals surface area contributed by atoms with Gasteiger partial charge in [0.1, 0.15) is 0 Å². The van der Waals surface area contributed by atoms with Crippen LogP contribution in [-0.2, 0) is 0 Å². The van der Waals surface area contributed by atoms with E-state index in [-0.39, 0.29) is 0 Å². The van der Waals surface area contributed by atoms with Crippen molar-refractivity contribution in [2.45, 2.75) is 6.92 Å². The summed E-state index contributed by atoms with van der Waals surface area (Å²) in [6.45, 7) is 1.97. The van der Waals surface area contributed by atoms with Crippen molar-refractivity contribution in [3.8, 4) is 0 Å². The van der Waals surface area contributed by atoms with E-state index in [1.54, 1.807) is 6.07 Å². The lowest BCUT2D eigenvalue weighted by Crippen LogP contribution is -2.34. The van der Waals surface area contributed by atoms with Crippen molar-refractivity contribution < 1.29 is 4.79 Å². The van der Waals surface area contributed by atoms with Gasteiger partial charge in [0, 0.05) is 4.47 Å². The fraction of sp³-hybridized carbons (Fsp3) is 0.125. The Balaban J connectivity index is 2.83. The van der Waals surface area contributed by atoms with Crippen LogP contribution in [0, 0.1) is 6.92 Å². The number of carbonyl (C=O) groups excluding carboxylic acids is 1. The van der Waals surface area contributed by atoms with Gasteiger partial charge in [-0.2, -0.15) is 0 Å². The van der Waals surface area contributed by atoms with E-state index in [4.69, 9.17) is 5.84 Å². The molecule has 1 aromatic carbocycles. The highest BCUT2D eigenvalue weighted by atomic mass is 79.9. The van der Waals surface area contributed by atoms with Crippen molar-refractivity contribution in [1.29, 1.82) is 0 Å². The summed E-state index contributed by atoms with van der Waals surface area (Å²) < 4.78 is 0.830. The zero-order chi connectivity index (χ0) is 9.84. The van der Waals surface area contributed by atoms with Crippen LogP contribution in [0.3, 0.4) is 0 Å². The molecule has 4 N–H and O–H groups in total. The number of nitrogens with one attached hydrogen (secondary N) is 2. The third-order valence-corrected chi connectivity index (χ3v) is 2.16. The van der Waals surface area contributed by atoms with Gasteiger partial charge < -0.3 is 5.32 Å². The van der Waals surface area contributed by atoms with Gasteiger partial charge in [-0.15, -0.1) is 0 Å². The Hall–Kier alpha value is -1.07. The molecule has 2 amide bonds.